The highest BCUT2D eigenvalue weighted by Crippen LogP contribution is 2.34. The number of halogens is 2. The Labute approximate surface area is 162 Å². The van der Waals surface area contributed by atoms with E-state index in [-0.39, 0.29) is 17.1 Å². The quantitative estimate of drug-likeness (QED) is 0.397. The lowest BCUT2D eigenvalue weighted by Crippen LogP contribution is -2.27. The summed E-state index contributed by atoms with van der Waals surface area (Å²) >= 11 is 12.6. The molecule has 0 aromatic heterocycles. The van der Waals surface area contributed by atoms with Crippen LogP contribution < -0.4 is 0 Å². The van der Waals surface area contributed by atoms with Gasteiger partial charge in [0, 0.05) is 12.1 Å². The Hall–Kier alpha value is -2.35. The van der Waals surface area contributed by atoms with Crippen LogP contribution in [0.2, 0.25) is 10.0 Å². The molecule has 132 valence electrons. The van der Waals surface area contributed by atoms with Crippen molar-refractivity contribution in [3.8, 4) is 0 Å². The van der Waals surface area contributed by atoms with Crippen molar-refractivity contribution < 1.29 is 14.5 Å². The maximum Gasteiger partial charge on any atom is 0.293 e. The lowest BCUT2D eigenvalue weighted by molar-refractivity contribution is -0.384. The van der Waals surface area contributed by atoms with Gasteiger partial charge in [-0.15, -0.1) is 0 Å². The zero-order valence-electron chi connectivity index (χ0n) is 13.0. The van der Waals surface area contributed by atoms with E-state index in [2.05, 4.69) is 0 Å². The zero-order chi connectivity index (χ0) is 18.8. The average Bonchev–Trinajstić information content (AvgIpc) is 2.86. The fraction of sp³-hybridized carbons (Fsp3) is 0.0588. The maximum atomic E-state index is 12.5. The van der Waals surface area contributed by atoms with Crippen molar-refractivity contribution in [3.05, 3.63) is 78.7 Å². The normalized spacial score (nSPS) is 15.8. The first kappa shape index (κ1) is 18.4. The highest BCUT2D eigenvalue weighted by molar-refractivity contribution is 8.18. The van der Waals surface area contributed by atoms with Gasteiger partial charge in [0.1, 0.15) is 0 Å². The van der Waals surface area contributed by atoms with Gasteiger partial charge in [0.15, 0.2) is 0 Å². The third-order valence-corrected chi connectivity index (χ3v) is 5.25. The number of carbonyl (C=O) groups is 2. The number of amides is 2. The molecule has 1 heterocycles. The number of non-ortho nitro benzene ring substituents is 1. The van der Waals surface area contributed by atoms with Gasteiger partial charge >= 0.3 is 0 Å². The number of nitro benzene ring substituents is 1. The Balaban J connectivity index is 1.79. The summed E-state index contributed by atoms with van der Waals surface area (Å²) in [4.78, 5) is 36.2. The minimum absolute atomic E-state index is 0.0464. The van der Waals surface area contributed by atoms with E-state index in [0.717, 1.165) is 16.7 Å². The molecular formula is C17H10Cl2N2O4S. The van der Waals surface area contributed by atoms with Crippen molar-refractivity contribution >= 4 is 57.9 Å². The predicted molar refractivity (Wildman–Crippen MR) is 101 cm³/mol. The second-order valence-corrected chi connectivity index (χ2v) is 7.17. The number of hydrogen-bond acceptors (Lipinski definition) is 5. The van der Waals surface area contributed by atoms with E-state index in [0.29, 0.717) is 21.2 Å². The van der Waals surface area contributed by atoms with Crippen molar-refractivity contribution in [1.82, 2.24) is 4.90 Å². The molecule has 3 rings (SSSR count). The van der Waals surface area contributed by atoms with Crippen LogP contribution in [0.5, 0.6) is 0 Å². The molecule has 0 bridgehead atoms. The van der Waals surface area contributed by atoms with Gasteiger partial charge in [-0.3, -0.25) is 24.6 Å². The summed E-state index contributed by atoms with van der Waals surface area (Å²) in [6, 6.07) is 10.6. The summed E-state index contributed by atoms with van der Waals surface area (Å²) in [6.45, 7) is 0.0825. The molecule has 1 saturated heterocycles. The van der Waals surface area contributed by atoms with E-state index >= 15 is 0 Å². The molecule has 0 unspecified atom stereocenters. The van der Waals surface area contributed by atoms with Gasteiger partial charge in [-0.25, -0.2) is 0 Å². The molecule has 26 heavy (non-hydrogen) atoms. The number of benzene rings is 2. The minimum atomic E-state index is -0.505. The fourth-order valence-electron chi connectivity index (χ4n) is 2.30. The van der Waals surface area contributed by atoms with E-state index in [1.165, 1.54) is 30.3 Å². The molecule has 0 N–H and O–H groups in total. The molecule has 1 fully saturated rings. The molecule has 1 aliphatic rings. The van der Waals surface area contributed by atoms with E-state index in [9.17, 15) is 19.7 Å². The summed E-state index contributed by atoms with van der Waals surface area (Å²) in [5.74, 6) is -0.426. The Kier molecular flexibility index (Phi) is 5.31. The van der Waals surface area contributed by atoms with Crippen molar-refractivity contribution in [1.29, 1.82) is 0 Å². The number of nitrogens with zero attached hydrogens (tertiary/aromatic N) is 2. The number of imide groups is 1. The zero-order valence-corrected chi connectivity index (χ0v) is 15.3. The van der Waals surface area contributed by atoms with Gasteiger partial charge in [-0.1, -0.05) is 29.3 Å². The smallest absolute Gasteiger partial charge is 0.268 e. The topological polar surface area (TPSA) is 80.5 Å². The molecular weight excluding hydrogens is 399 g/mol. The lowest BCUT2D eigenvalue weighted by Gasteiger charge is -2.12. The Morgan fingerprint density at radius 3 is 2.38 bits per heavy atom. The van der Waals surface area contributed by atoms with Crippen LogP contribution in [0, 0.1) is 10.1 Å². The number of carbonyl (C=O) groups excluding carboxylic acids is 2. The van der Waals surface area contributed by atoms with Gasteiger partial charge in [0.2, 0.25) is 0 Å². The van der Waals surface area contributed by atoms with Crippen molar-refractivity contribution in [2.75, 3.05) is 0 Å². The number of thioether (sulfide) groups is 1. The fourth-order valence-corrected chi connectivity index (χ4v) is 3.46. The van der Waals surface area contributed by atoms with E-state index in [4.69, 9.17) is 23.2 Å². The van der Waals surface area contributed by atoms with Gasteiger partial charge in [-0.2, -0.15) is 0 Å². The van der Waals surface area contributed by atoms with Gasteiger partial charge in [0.05, 0.1) is 26.4 Å². The van der Waals surface area contributed by atoms with Crippen LogP contribution in [0.3, 0.4) is 0 Å². The first-order chi connectivity index (χ1) is 12.3. The van der Waals surface area contributed by atoms with Crippen molar-refractivity contribution in [3.63, 3.8) is 0 Å². The maximum absolute atomic E-state index is 12.5. The SMILES string of the molecule is O=C1S/C(=C/c2ccc([N+](=O)[O-])cc2)C(=O)N1Cc1ccc(Cl)c(Cl)c1. The third-order valence-electron chi connectivity index (χ3n) is 3.60. The molecule has 6 nitrogen and oxygen atoms in total. The highest BCUT2D eigenvalue weighted by atomic mass is 35.5. The van der Waals surface area contributed by atoms with Crippen LogP contribution in [-0.2, 0) is 11.3 Å². The summed E-state index contributed by atoms with van der Waals surface area (Å²) < 4.78 is 0. The molecule has 9 heteroatoms. The standard InChI is InChI=1S/C17H10Cl2N2O4S/c18-13-6-3-11(7-14(13)19)9-20-16(22)15(26-17(20)23)8-10-1-4-12(5-2-10)21(24)25/h1-8H,9H2/b15-8+. The average molecular weight is 409 g/mol. The molecule has 0 atom stereocenters. The summed E-state index contributed by atoms with van der Waals surface area (Å²) in [5.41, 5.74) is 1.23. The number of nitro groups is 1. The van der Waals surface area contributed by atoms with Gasteiger partial charge in [-0.05, 0) is 53.2 Å². The summed E-state index contributed by atoms with van der Waals surface area (Å²) in [7, 11) is 0. The summed E-state index contributed by atoms with van der Waals surface area (Å²) in [5, 5.41) is 11.0. The first-order valence-electron chi connectivity index (χ1n) is 7.29. The highest BCUT2D eigenvalue weighted by Gasteiger charge is 2.35. The third kappa shape index (κ3) is 3.90. The largest absolute Gasteiger partial charge is 0.293 e. The molecule has 0 spiro atoms. The molecule has 1 aliphatic heterocycles. The monoisotopic (exact) mass is 408 g/mol. The van der Waals surface area contributed by atoms with Crippen LogP contribution in [0.15, 0.2) is 47.4 Å². The van der Waals surface area contributed by atoms with Gasteiger partial charge in [0.25, 0.3) is 16.8 Å². The Morgan fingerprint density at radius 2 is 1.77 bits per heavy atom. The molecule has 0 aliphatic carbocycles. The Morgan fingerprint density at radius 1 is 1.08 bits per heavy atom. The van der Waals surface area contributed by atoms with Crippen LogP contribution in [0.4, 0.5) is 10.5 Å². The van der Waals surface area contributed by atoms with Gasteiger partial charge < -0.3 is 0 Å². The van der Waals surface area contributed by atoms with Crippen molar-refractivity contribution in [2.45, 2.75) is 6.54 Å². The summed E-state index contributed by atoms with van der Waals surface area (Å²) in [6.07, 6.45) is 1.53. The number of hydrogen-bond donors (Lipinski definition) is 0. The molecule has 0 radical (unpaired) electrons. The number of rotatable bonds is 4. The van der Waals surface area contributed by atoms with Crippen LogP contribution in [0.1, 0.15) is 11.1 Å². The molecule has 2 aromatic carbocycles. The van der Waals surface area contributed by atoms with Crippen molar-refractivity contribution in [2.24, 2.45) is 0 Å². The predicted octanol–water partition coefficient (Wildman–Crippen LogP) is 5.14. The van der Waals surface area contributed by atoms with Crippen LogP contribution >= 0.6 is 35.0 Å². The minimum Gasteiger partial charge on any atom is -0.268 e. The van der Waals surface area contributed by atoms with Crippen LogP contribution in [0.25, 0.3) is 6.08 Å². The molecule has 2 aromatic rings. The second kappa shape index (κ2) is 7.49. The lowest BCUT2D eigenvalue weighted by atomic mass is 10.2. The van der Waals surface area contributed by atoms with E-state index < -0.39 is 16.1 Å². The Bertz CT molecular complexity index is 944. The first-order valence-corrected chi connectivity index (χ1v) is 8.86. The van der Waals surface area contributed by atoms with Crippen LogP contribution in [-0.4, -0.2) is 21.0 Å². The van der Waals surface area contributed by atoms with E-state index in [1.807, 2.05) is 0 Å². The second-order valence-electron chi connectivity index (χ2n) is 5.36. The van der Waals surface area contributed by atoms with E-state index in [1.54, 1.807) is 18.2 Å². The molecule has 0 saturated carbocycles. The molecule has 2 amide bonds.